The summed E-state index contributed by atoms with van der Waals surface area (Å²) in [6.07, 6.45) is 0.281. The molecule has 0 unspecified atom stereocenters. The molecule has 2 aliphatic heterocycles. The van der Waals surface area contributed by atoms with Crippen molar-refractivity contribution in [2.75, 3.05) is 29.9 Å². The summed E-state index contributed by atoms with van der Waals surface area (Å²) >= 11 is 0. The number of nitrogens with zero attached hydrogens (tertiary/aromatic N) is 1. The second-order valence-corrected chi connectivity index (χ2v) is 7.35. The number of hydrogen-bond acceptors (Lipinski definition) is 3. The third-order valence-electron chi connectivity index (χ3n) is 4.78. The van der Waals surface area contributed by atoms with E-state index in [1.165, 1.54) is 4.90 Å². The van der Waals surface area contributed by atoms with Crippen LogP contribution in [0, 0.1) is 0 Å². The smallest absolute Gasteiger partial charge is 0.283 e. The van der Waals surface area contributed by atoms with E-state index in [2.05, 4.69) is 5.32 Å². The molecule has 0 aliphatic carbocycles. The normalized spacial score (nSPS) is 28.9. The van der Waals surface area contributed by atoms with Crippen molar-refractivity contribution in [1.29, 1.82) is 0 Å². The molecule has 1 saturated heterocycles. The van der Waals surface area contributed by atoms with Crippen LogP contribution in [0.3, 0.4) is 0 Å². The zero-order chi connectivity index (χ0) is 17.5. The summed E-state index contributed by atoms with van der Waals surface area (Å²) in [5.41, 5.74) is 0.545. The molecule has 130 valence electrons. The van der Waals surface area contributed by atoms with Crippen LogP contribution in [0.4, 0.5) is 11.4 Å². The third kappa shape index (κ3) is 3.03. The molecule has 2 amide bonds. The van der Waals surface area contributed by atoms with Crippen LogP contribution in [-0.4, -0.2) is 49.2 Å². The Morgan fingerprint density at radius 2 is 1.92 bits per heavy atom. The average Bonchev–Trinajstić information content (AvgIpc) is 2.46. The Bertz CT molecular complexity index is 649. The summed E-state index contributed by atoms with van der Waals surface area (Å²) in [5, 5.41) is 2.89. The number of morpholine rings is 1. The number of amides is 2. The van der Waals surface area contributed by atoms with E-state index in [4.69, 9.17) is 4.74 Å². The van der Waals surface area contributed by atoms with Gasteiger partial charge in [-0.15, -0.1) is 0 Å². The van der Waals surface area contributed by atoms with E-state index in [1.54, 1.807) is 18.7 Å². The maximum atomic E-state index is 13.1. The summed E-state index contributed by atoms with van der Waals surface area (Å²) in [4.78, 5) is 28.4. The van der Waals surface area contributed by atoms with Gasteiger partial charge in [-0.25, -0.2) is 0 Å². The fraction of sp³-hybridized carbons (Fsp3) is 0.556. The van der Waals surface area contributed by atoms with Gasteiger partial charge in [-0.2, -0.15) is 0 Å². The molecule has 0 bridgehead atoms. The molecule has 0 aromatic heterocycles. The zero-order valence-corrected chi connectivity index (χ0v) is 14.8. The Balaban J connectivity index is 1.86. The van der Waals surface area contributed by atoms with Crippen LogP contribution in [0.25, 0.3) is 0 Å². The molecule has 0 spiro atoms. The zero-order valence-electron chi connectivity index (χ0n) is 14.8. The number of anilines is 2. The molecular formula is C18H26N3O3+. The predicted molar refractivity (Wildman–Crippen MR) is 92.2 cm³/mol. The van der Waals surface area contributed by atoms with Crippen LogP contribution >= 0.6 is 0 Å². The van der Waals surface area contributed by atoms with Gasteiger partial charge in [0.2, 0.25) is 5.91 Å². The monoisotopic (exact) mass is 332 g/mol. The molecule has 3 rings (SSSR count). The molecule has 1 aromatic carbocycles. The fourth-order valence-corrected chi connectivity index (χ4v) is 3.72. The molecular weight excluding hydrogens is 306 g/mol. The molecule has 6 heteroatoms. The highest BCUT2D eigenvalue weighted by molar-refractivity contribution is 6.14. The van der Waals surface area contributed by atoms with E-state index < -0.39 is 5.54 Å². The summed E-state index contributed by atoms with van der Waals surface area (Å²) in [6.45, 7) is 9.62. The van der Waals surface area contributed by atoms with Crippen molar-refractivity contribution in [2.24, 2.45) is 0 Å². The van der Waals surface area contributed by atoms with Gasteiger partial charge in [0, 0.05) is 0 Å². The van der Waals surface area contributed by atoms with Gasteiger partial charge in [0.1, 0.15) is 30.8 Å². The minimum Gasteiger partial charge on any atom is -0.364 e. The molecule has 2 aliphatic rings. The number of rotatable bonds is 2. The first-order chi connectivity index (χ1) is 11.3. The molecule has 6 nitrogen and oxygen atoms in total. The van der Waals surface area contributed by atoms with Crippen molar-refractivity contribution in [2.45, 2.75) is 45.4 Å². The van der Waals surface area contributed by atoms with Gasteiger partial charge in [0.25, 0.3) is 5.91 Å². The van der Waals surface area contributed by atoms with Gasteiger partial charge < -0.3 is 15.0 Å². The van der Waals surface area contributed by atoms with Gasteiger partial charge in [0.15, 0.2) is 6.54 Å². The van der Waals surface area contributed by atoms with Crippen LogP contribution in [0.2, 0.25) is 0 Å². The number of nitrogens with one attached hydrogen (secondary N) is 2. The molecule has 2 atom stereocenters. The highest BCUT2D eigenvalue weighted by Crippen LogP contribution is 2.36. The first-order valence-corrected chi connectivity index (χ1v) is 8.51. The van der Waals surface area contributed by atoms with Crippen molar-refractivity contribution >= 4 is 23.2 Å². The van der Waals surface area contributed by atoms with Crippen LogP contribution in [-0.2, 0) is 14.3 Å². The number of para-hydroxylation sites is 2. The first kappa shape index (κ1) is 16.9. The van der Waals surface area contributed by atoms with Crippen molar-refractivity contribution in [3.63, 3.8) is 0 Å². The molecule has 0 saturated carbocycles. The second-order valence-electron chi connectivity index (χ2n) is 7.35. The summed E-state index contributed by atoms with van der Waals surface area (Å²) in [6, 6.07) is 7.46. The predicted octanol–water partition coefficient (Wildman–Crippen LogP) is 0.442. The largest absolute Gasteiger partial charge is 0.364 e. The van der Waals surface area contributed by atoms with Crippen molar-refractivity contribution < 1.29 is 19.2 Å². The lowest BCUT2D eigenvalue weighted by Crippen LogP contribution is -3.16. The number of carbonyl (C=O) groups excluding carboxylic acids is 2. The SMILES string of the molecule is C[C@@H]1C[NH+](CC(=O)N2c3ccccc3NC(=O)C2(C)C)C[C@@H](C)O1. The lowest BCUT2D eigenvalue weighted by molar-refractivity contribution is -0.907. The lowest BCUT2D eigenvalue weighted by atomic mass is 9.96. The Morgan fingerprint density at radius 1 is 1.29 bits per heavy atom. The highest BCUT2D eigenvalue weighted by Gasteiger charge is 2.44. The number of benzene rings is 1. The van der Waals surface area contributed by atoms with E-state index in [0.29, 0.717) is 12.2 Å². The standard InChI is InChI=1S/C18H25N3O3/c1-12-9-20(10-13(2)24-12)11-16(22)21-15-8-6-5-7-14(15)19-17(23)18(21,3)4/h5-8,12-13H,9-11H2,1-4H3,(H,19,23)/p+1/t12-,13-/m1/s1. The maximum absolute atomic E-state index is 13.1. The maximum Gasteiger partial charge on any atom is 0.283 e. The minimum absolute atomic E-state index is 0.0291. The molecule has 0 radical (unpaired) electrons. The number of hydrogen-bond donors (Lipinski definition) is 2. The van der Waals surface area contributed by atoms with E-state index >= 15 is 0 Å². The first-order valence-electron chi connectivity index (χ1n) is 8.51. The second kappa shape index (κ2) is 6.18. The van der Waals surface area contributed by atoms with E-state index in [1.807, 2.05) is 38.1 Å². The number of carbonyl (C=O) groups is 2. The molecule has 2 heterocycles. The number of quaternary nitrogens is 1. The average molecular weight is 332 g/mol. The van der Waals surface area contributed by atoms with Crippen molar-refractivity contribution in [3.8, 4) is 0 Å². The summed E-state index contributed by atoms with van der Waals surface area (Å²) in [5.74, 6) is -0.188. The fourth-order valence-electron chi connectivity index (χ4n) is 3.72. The van der Waals surface area contributed by atoms with Crippen LogP contribution < -0.4 is 15.1 Å². The topological polar surface area (TPSA) is 63.1 Å². The quantitative estimate of drug-likeness (QED) is 0.826. The van der Waals surface area contributed by atoms with Crippen LogP contribution in [0.15, 0.2) is 24.3 Å². The Labute approximate surface area is 142 Å². The summed E-state index contributed by atoms with van der Waals surface area (Å²) < 4.78 is 5.75. The van der Waals surface area contributed by atoms with Gasteiger partial charge in [-0.3, -0.25) is 14.5 Å². The summed E-state index contributed by atoms with van der Waals surface area (Å²) in [7, 11) is 0. The number of ether oxygens (including phenoxy) is 1. The highest BCUT2D eigenvalue weighted by atomic mass is 16.5. The van der Waals surface area contributed by atoms with E-state index in [-0.39, 0.29) is 24.0 Å². The van der Waals surface area contributed by atoms with Gasteiger partial charge in [0.05, 0.1) is 11.4 Å². The van der Waals surface area contributed by atoms with Gasteiger partial charge in [-0.05, 0) is 39.8 Å². The van der Waals surface area contributed by atoms with Gasteiger partial charge in [-0.1, -0.05) is 12.1 Å². The Hall–Kier alpha value is -1.92. The lowest BCUT2D eigenvalue weighted by Gasteiger charge is -2.42. The minimum atomic E-state index is -0.908. The van der Waals surface area contributed by atoms with E-state index in [0.717, 1.165) is 18.8 Å². The van der Waals surface area contributed by atoms with Crippen LogP contribution in [0.1, 0.15) is 27.7 Å². The van der Waals surface area contributed by atoms with Crippen molar-refractivity contribution in [3.05, 3.63) is 24.3 Å². The molecule has 24 heavy (non-hydrogen) atoms. The Kier molecular flexibility index (Phi) is 4.36. The Morgan fingerprint density at radius 3 is 2.58 bits per heavy atom. The van der Waals surface area contributed by atoms with Gasteiger partial charge >= 0.3 is 0 Å². The van der Waals surface area contributed by atoms with Crippen LogP contribution in [0.5, 0.6) is 0 Å². The van der Waals surface area contributed by atoms with E-state index in [9.17, 15) is 9.59 Å². The number of fused-ring (bicyclic) bond motifs is 1. The van der Waals surface area contributed by atoms with Crippen molar-refractivity contribution in [1.82, 2.24) is 0 Å². The third-order valence-corrected chi connectivity index (χ3v) is 4.78. The molecule has 2 N–H and O–H groups in total. The molecule has 1 aromatic rings. The molecule has 1 fully saturated rings.